The Kier molecular flexibility index (Phi) is 4.39. The molecule has 0 radical (unpaired) electrons. The Hall–Kier alpha value is -4.12. The van der Waals surface area contributed by atoms with Crippen LogP contribution in [0.1, 0.15) is 0 Å². The standard InChI is InChI=1S/C24H17N5/c1-3-22(29-14-13-27-17-29)4-2-18(1)21-15-23(19-5-9-25-10-6-19)28-24(16-21)20-7-11-26-12-8-20/h1-17H. The molecule has 5 heteroatoms. The first-order valence-corrected chi connectivity index (χ1v) is 9.28. The van der Waals surface area contributed by atoms with Gasteiger partial charge in [-0.1, -0.05) is 12.1 Å². The topological polar surface area (TPSA) is 56.5 Å². The first-order chi connectivity index (χ1) is 14.4. The molecule has 29 heavy (non-hydrogen) atoms. The number of hydrogen-bond acceptors (Lipinski definition) is 4. The largest absolute Gasteiger partial charge is 0.306 e. The van der Waals surface area contributed by atoms with Crippen molar-refractivity contribution < 1.29 is 0 Å². The normalized spacial score (nSPS) is 10.8. The maximum Gasteiger partial charge on any atom is 0.0991 e. The molecule has 1 aromatic carbocycles. The van der Waals surface area contributed by atoms with Crippen molar-refractivity contribution in [3.05, 3.63) is 104 Å². The van der Waals surface area contributed by atoms with Crippen LogP contribution in [0, 0.1) is 0 Å². The Morgan fingerprint density at radius 3 is 1.62 bits per heavy atom. The molecule has 0 aliphatic rings. The molecule has 0 N–H and O–H groups in total. The van der Waals surface area contributed by atoms with E-state index in [2.05, 4.69) is 51.4 Å². The lowest BCUT2D eigenvalue weighted by molar-refractivity contribution is 1.06. The van der Waals surface area contributed by atoms with Crippen molar-refractivity contribution >= 4 is 0 Å². The maximum absolute atomic E-state index is 4.89. The molecule has 0 atom stereocenters. The minimum Gasteiger partial charge on any atom is -0.306 e. The zero-order chi connectivity index (χ0) is 19.5. The van der Waals surface area contributed by atoms with Gasteiger partial charge in [0.05, 0.1) is 17.7 Å². The molecule has 0 saturated heterocycles. The molecule has 0 fully saturated rings. The molecular formula is C24H17N5. The summed E-state index contributed by atoms with van der Waals surface area (Å²) in [7, 11) is 0. The highest BCUT2D eigenvalue weighted by Gasteiger charge is 2.09. The second-order valence-electron chi connectivity index (χ2n) is 6.61. The highest BCUT2D eigenvalue weighted by molar-refractivity contribution is 5.76. The van der Waals surface area contributed by atoms with Crippen molar-refractivity contribution in [1.82, 2.24) is 24.5 Å². The Bertz CT molecular complexity index is 1160. The smallest absolute Gasteiger partial charge is 0.0991 e. The van der Waals surface area contributed by atoms with Gasteiger partial charge in [-0.2, -0.15) is 0 Å². The van der Waals surface area contributed by atoms with Crippen LogP contribution in [0.2, 0.25) is 0 Å². The summed E-state index contributed by atoms with van der Waals surface area (Å²) in [6.07, 6.45) is 12.7. The van der Waals surface area contributed by atoms with Crippen LogP contribution in [0.4, 0.5) is 0 Å². The molecule has 5 nitrogen and oxygen atoms in total. The summed E-state index contributed by atoms with van der Waals surface area (Å²) in [6, 6.07) is 20.6. The summed E-state index contributed by atoms with van der Waals surface area (Å²) in [5, 5.41) is 0. The molecule has 4 heterocycles. The number of imidazole rings is 1. The molecule has 0 amide bonds. The van der Waals surface area contributed by atoms with Gasteiger partial charge in [-0.15, -0.1) is 0 Å². The van der Waals surface area contributed by atoms with Crippen molar-refractivity contribution in [2.75, 3.05) is 0 Å². The average molecular weight is 375 g/mol. The number of rotatable bonds is 4. The lowest BCUT2D eigenvalue weighted by Gasteiger charge is -2.11. The highest BCUT2D eigenvalue weighted by Crippen LogP contribution is 2.30. The first-order valence-electron chi connectivity index (χ1n) is 9.28. The third-order valence-electron chi connectivity index (χ3n) is 4.78. The highest BCUT2D eigenvalue weighted by atomic mass is 15.0. The fourth-order valence-electron chi connectivity index (χ4n) is 3.28. The van der Waals surface area contributed by atoms with Gasteiger partial charge < -0.3 is 4.57 Å². The predicted octanol–water partition coefficient (Wildman–Crippen LogP) is 5.06. The predicted molar refractivity (Wildman–Crippen MR) is 113 cm³/mol. The van der Waals surface area contributed by atoms with E-state index >= 15 is 0 Å². The molecular weight excluding hydrogens is 358 g/mol. The van der Waals surface area contributed by atoms with Gasteiger partial charge in [0.2, 0.25) is 0 Å². The van der Waals surface area contributed by atoms with Crippen molar-refractivity contribution in [2.45, 2.75) is 0 Å². The maximum atomic E-state index is 4.89. The Balaban J connectivity index is 1.62. The van der Waals surface area contributed by atoms with Crippen LogP contribution in [0.5, 0.6) is 0 Å². The second kappa shape index (κ2) is 7.48. The minimum atomic E-state index is 0.912. The molecule has 5 rings (SSSR count). The van der Waals surface area contributed by atoms with Crippen LogP contribution in [-0.4, -0.2) is 24.5 Å². The van der Waals surface area contributed by atoms with Crippen LogP contribution in [0.25, 0.3) is 39.3 Å². The average Bonchev–Trinajstić information content (AvgIpc) is 3.35. The fraction of sp³-hybridized carbons (Fsp3) is 0. The van der Waals surface area contributed by atoms with Crippen molar-refractivity contribution in [3.8, 4) is 39.3 Å². The third-order valence-corrected chi connectivity index (χ3v) is 4.78. The Labute approximate surface area is 168 Å². The van der Waals surface area contributed by atoms with E-state index in [4.69, 9.17) is 4.98 Å². The van der Waals surface area contributed by atoms with Crippen LogP contribution < -0.4 is 0 Å². The van der Waals surface area contributed by atoms with Gasteiger partial charge >= 0.3 is 0 Å². The van der Waals surface area contributed by atoms with E-state index in [1.165, 1.54) is 0 Å². The summed E-state index contributed by atoms with van der Waals surface area (Å²) in [5.41, 5.74) is 7.20. The van der Waals surface area contributed by atoms with Crippen molar-refractivity contribution in [3.63, 3.8) is 0 Å². The zero-order valence-corrected chi connectivity index (χ0v) is 15.6. The lowest BCUT2D eigenvalue weighted by Crippen LogP contribution is -1.92. The van der Waals surface area contributed by atoms with Gasteiger partial charge in [-0.05, 0) is 59.7 Å². The molecule has 0 bridgehead atoms. The number of pyridine rings is 3. The Morgan fingerprint density at radius 2 is 1.10 bits per heavy atom. The van der Waals surface area contributed by atoms with Crippen molar-refractivity contribution in [1.29, 1.82) is 0 Å². The molecule has 138 valence electrons. The van der Waals surface area contributed by atoms with E-state index in [0.717, 1.165) is 39.3 Å². The van der Waals surface area contributed by atoms with Gasteiger partial charge in [-0.3, -0.25) is 9.97 Å². The molecule has 0 unspecified atom stereocenters. The lowest BCUT2D eigenvalue weighted by atomic mass is 10.0. The summed E-state index contributed by atoms with van der Waals surface area (Å²) in [6.45, 7) is 0. The fourth-order valence-corrected chi connectivity index (χ4v) is 3.28. The van der Waals surface area contributed by atoms with Gasteiger partial charge in [-0.25, -0.2) is 9.97 Å². The molecule has 5 aromatic rings. The molecule has 0 saturated carbocycles. The third kappa shape index (κ3) is 3.53. The van der Waals surface area contributed by atoms with E-state index in [1.807, 2.05) is 35.0 Å². The van der Waals surface area contributed by atoms with Crippen LogP contribution in [0.3, 0.4) is 0 Å². The molecule has 0 spiro atoms. The van der Waals surface area contributed by atoms with Crippen LogP contribution in [0.15, 0.2) is 104 Å². The van der Waals surface area contributed by atoms with Gasteiger partial charge in [0.1, 0.15) is 0 Å². The summed E-state index contributed by atoms with van der Waals surface area (Å²) >= 11 is 0. The summed E-state index contributed by atoms with van der Waals surface area (Å²) < 4.78 is 1.99. The van der Waals surface area contributed by atoms with Gasteiger partial charge in [0.15, 0.2) is 0 Å². The number of hydrogen-bond donors (Lipinski definition) is 0. The summed E-state index contributed by atoms with van der Waals surface area (Å²) in [5.74, 6) is 0. The van der Waals surface area contributed by atoms with E-state index in [0.29, 0.717) is 0 Å². The molecule has 0 aliphatic heterocycles. The molecule has 4 aromatic heterocycles. The van der Waals surface area contributed by atoms with Gasteiger partial charge in [0, 0.05) is 54.0 Å². The van der Waals surface area contributed by atoms with E-state index in [9.17, 15) is 0 Å². The number of nitrogens with zero attached hydrogens (tertiary/aromatic N) is 5. The Morgan fingerprint density at radius 1 is 0.517 bits per heavy atom. The molecule has 0 aliphatic carbocycles. The van der Waals surface area contributed by atoms with E-state index in [-0.39, 0.29) is 0 Å². The second-order valence-corrected chi connectivity index (χ2v) is 6.61. The summed E-state index contributed by atoms with van der Waals surface area (Å²) in [4.78, 5) is 17.2. The van der Waals surface area contributed by atoms with Crippen LogP contribution in [-0.2, 0) is 0 Å². The van der Waals surface area contributed by atoms with E-state index in [1.54, 1.807) is 37.3 Å². The number of aromatic nitrogens is 5. The van der Waals surface area contributed by atoms with Crippen LogP contribution >= 0.6 is 0 Å². The SMILES string of the molecule is c1cc(-c2cc(-c3ccc(-n4ccnc4)cc3)cc(-c3ccncc3)n2)ccn1. The van der Waals surface area contributed by atoms with Crippen molar-refractivity contribution in [2.24, 2.45) is 0 Å². The quantitative estimate of drug-likeness (QED) is 0.441. The van der Waals surface area contributed by atoms with Gasteiger partial charge in [0.25, 0.3) is 0 Å². The number of benzene rings is 1. The van der Waals surface area contributed by atoms with E-state index < -0.39 is 0 Å². The first kappa shape index (κ1) is 17.0. The zero-order valence-electron chi connectivity index (χ0n) is 15.6. The monoisotopic (exact) mass is 375 g/mol. The minimum absolute atomic E-state index is 0.912.